The number of halogens is 1. The summed E-state index contributed by atoms with van der Waals surface area (Å²) in [5.41, 5.74) is 6.10. The van der Waals surface area contributed by atoms with Gasteiger partial charge in [-0.3, -0.25) is 4.79 Å². The zero-order valence-corrected chi connectivity index (χ0v) is 8.54. The third kappa shape index (κ3) is 2.88. The lowest BCUT2D eigenvalue weighted by Gasteiger charge is -2.03. The highest BCUT2D eigenvalue weighted by molar-refractivity contribution is 6.31. The van der Waals surface area contributed by atoms with E-state index in [0.717, 1.165) is 0 Å². The summed E-state index contributed by atoms with van der Waals surface area (Å²) >= 11 is 5.85. The quantitative estimate of drug-likeness (QED) is 0.773. The van der Waals surface area contributed by atoms with Gasteiger partial charge in [-0.1, -0.05) is 11.6 Å². The van der Waals surface area contributed by atoms with E-state index >= 15 is 0 Å². The first-order valence-electron chi connectivity index (χ1n) is 4.11. The Morgan fingerprint density at radius 1 is 1.64 bits per heavy atom. The summed E-state index contributed by atoms with van der Waals surface area (Å²) in [5, 5.41) is 0.517. The number of hydrogen-bond acceptors (Lipinski definition) is 4. The minimum Gasteiger partial charge on any atom is -0.469 e. The molecule has 1 heterocycles. The highest BCUT2D eigenvalue weighted by atomic mass is 35.5. The van der Waals surface area contributed by atoms with Gasteiger partial charge in [-0.05, 0) is 12.1 Å². The van der Waals surface area contributed by atoms with Crippen LogP contribution in [0.15, 0.2) is 12.1 Å². The van der Waals surface area contributed by atoms with Crippen LogP contribution in [0.25, 0.3) is 0 Å². The van der Waals surface area contributed by atoms with Gasteiger partial charge in [0.2, 0.25) is 0 Å². The molecule has 0 saturated carbocycles. The molecule has 0 unspecified atom stereocenters. The third-order valence-corrected chi connectivity index (χ3v) is 2.08. The number of nitrogens with two attached hydrogens (primary N) is 1. The maximum Gasteiger partial charge on any atom is 0.305 e. The number of aryl methyl sites for hydroxylation is 1. The second kappa shape index (κ2) is 4.81. The first kappa shape index (κ1) is 10.8. The number of hydrogen-bond donors (Lipinski definition) is 1. The SMILES string of the molecule is COC(=O)CCc1nc(N)ccc1Cl. The summed E-state index contributed by atoms with van der Waals surface area (Å²) in [6.45, 7) is 0. The number of rotatable bonds is 3. The molecule has 14 heavy (non-hydrogen) atoms. The highest BCUT2D eigenvalue weighted by Gasteiger charge is 2.06. The second-order valence-corrected chi connectivity index (χ2v) is 3.15. The molecule has 0 fully saturated rings. The largest absolute Gasteiger partial charge is 0.469 e. The van der Waals surface area contributed by atoms with Crippen molar-refractivity contribution in [3.05, 3.63) is 22.8 Å². The minimum absolute atomic E-state index is 0.257. The number of carbonyl (C=O) groups is 1. The van der Waals surface area contributed by atoms with E-state index in [4.69, 9.17) is 17.3 Å². The molecule has 0 aliphatic carbocycles. The number of pyridine rings is 1. The van der Waals surface area contributed by atoms with Crippen molar-refractivity contribution in [1.29, 1.82) is 0 Å². The van der Waals surface area contributed by atoms with Crippen LogP contribution in [-0.4, -0.2) is 18.1 Å². The van der Waals surface area contributed by atoms with E-state index in [9.17, 15) is 4.79 Å². The topological polar surface area (TPSA) is 65.2 Å². The molecule has 1 aromatic heterocycles. The molecule has 0 saturated heterocycles. The van der Waals surface area contributed by atoms with Crippen molar-refractivity contribution >= 4 is 23.4 Å². The lowest BCUT2D eigenvalue weighted by Crippen LogP contribution is -2.04. The summed E-state index contributed by atoms with van der Waals surface area (Å²) in [6.07, 6.45) is 0.698. The fourth-order valence-electron chi connectivity index (χ4n) is 0.999. The summed E-state index contributed by atoms with van der Waals surface area (Å²) in [6, 6.07) is 3.28. The average Bonchev–Trinajstić information content (AvgIpc) is 2.19. The monoisotopic (exact) mass is 214 g/mol. The van der Waals surface area contributed by atoms with Gasteiger partial charge in [-0.2, -0.15) is 0 Å². The molecule has 0 bridgehead atoms. The summed E-state index contributed by atoms with van der Waals surface area (Å²) in [5.74, 6) is 0.111. The molecule has 4 nitrogen and oxygen atoms in total. The van der Waals surface area contributed by atoms with Crippen LogP contribution >= 0.6 is 11.6 Å². The molecular weight excluding hydrogens is 204 g/mol. The van der Waals surface area contributed by atoms with Gasteiger partial charge in [-0.25, -0.2) is 4.98 Å². The van der Waals surface area contributed by atoms with Crippen molar-refractivity contribution in [2.24, 2.45) is 0 Å². The van der Waals surface area contributed by atoms with E-state index in [0.29, 0.717) is 23.0 Å². The lowest BCUT2D eigenvalue weighted by molar-refractivity contribution is -0.140. The fraction of sp³-hybridized carbons (Fsp3) is 0.333. The van der Waals surface area contributed by atoms with Gasteiger partial charge in [0.05, 0.1) is 24.2 Å². The van der Waals surface area contributed by atoms with Gasteiger partial charge in [0.15, 0.2) is 0 Å². The zero-order valence-electron chi connectivity index (χ0n) is 7.79. The highest BCUT2D eigenvalue weighted by Crippen LogP contribution is 2.16. The average molecular weight is 215 g/mol. The molecule has 1 rings (SSSR count). The number of anilines is 1. The molecule has 0 aliphatic rings. The van der Waals surface area contributed by atoms with Gasteiger partial charge in [-0.15, -0.1) is 0 Å². The van der Waals surface area contributed by atoms with Crippen molar-refractivity contribution in [3.8, 4) is 0 Å². The second-order valence-electron chi connectivity index (χ2n) is 2.74. The van der Waals surface area contributed by atoms with Crippen molar-refractivity contribution in [2.75, 3.05) is 12.8 Å². The van der Waals surface area contributed by atoms with Crippen molar-refractivity contribution in [2.45, 2.75) is 12.8 Å². The van der Waals surface area contributed by atoms with Crippen LogP contribution in [0.3, 0.4) is 0 Å². The van der Waals surface area contributed by atoms with Gasteiger partial charge < -0.3 is 10.5 Å². The first-order valence-corrected chi connectivity index (χ1v) is 4.49. The Morgan fingerprint density at radius 3 is 3.00 bits per heavy atom. The predicted octanol–water partition coefficient (Wildman–Crippen LogP) is 1.42. The Hall–Kier alpha value is -1.29. The molecule has 5 heteroatoms. The van der Waals surface area contributed by atoms with E-state index in [1.807, 2.05) is 0 Å². The normalized spacial score (nSPS) is 9.86. The Bertz CT molecular complexity index is 342. The van der Waals surface area contributed by atoms with Crippen molar-refractivity contribution in [1.82, 2.24) is 4.98 Å². The van der Waals surface area contributed by atoms with Gasteiger partial charge in [0, 0.05) is 6.42 Å². The smallest absolute Gasteiger partial charge is 0.305 e. The zero-order chi connectivity index (χ0) is 10.6. The molecule has 0 atom stereocenters. The maximum absolute atomic E-state index is 10.9. The number of esters is 1. The van der Waals surface area contributed by atoms with Gasteiger partial charge in [0.25, 0.3) is 0 Å². The summed E-state index contributed by atoms with van der Waals surface area (Å²) in [4.78, 5) is 14.9. The van der Waals surface area contributed by atoms with Crippen molar-refractivity contribution in [3.63, 3.8) is 0 Å². The molecule has 0 aliphatic heterocycles. The van der Waals surface area contributed by atoms with E-state index in [1.54, 1.807) is 12.1 Å². The van der Waals surface area contributed by atoms with Crippen LogP contribution in [-0.2, 0) is 16.0 Å². The van der Waals surface area contributed by atoms with E-state index in [2.05, 4.69) is 9.72 Å². The van der Waals surface area contributed by atoms with E-state index < -0.39 is 0 Å². The van der Waals surface area contributed by atoms with Crippen molar-refractivity contribution < 1.29 is 9.53 Å². The van der Waals surface area contributed by atoms with Gasteiger partial charge in [0.1, 0.15) is 5.82 Å². The summed E-state index contributed by atoms with van der Waals surface area (Å²) in [7, 11) is 1.34. The molecule has 0 radical (unpaired) electrons. The molecule has 0 spiro atoms. The number of ether oxygens (including phenoxy) is 1. The van der Waals surface area contributed by atoms with E-state index in [1.165, 1.54) is 7.11 Å². The van der Waals surface area contributed by atoms with Crippen LogP contribution in [0.4, 0.5) is 5.82 Å². The Kier molecular flexibility index (Phi) is 3.71. The Balaban J connectivity index is 2.66. The molecule has 0 aromatic carbocycles. The van der Waals surface area contributed by atoms with Crippen LogP contribution in [0.2, 0.25) is 5.02 Å². The maximum atomic E-state index is 10.9. The Morgan fingerprint density at radius 2 is 2.36 bits per heavy atom. The number of methoxy groups -OCH3 is 1. The molecule has 2 N–H and O–H groups in total. The van der Waals surface area contributed by atoms with Crippen LogP contribution in [0, 0.1) is 0 Å². The standard InChI is InChI=1S/C9H11ClN2O2/c1-14-9(13)5-3-7-6(10)2-4-8(11)12-7/h2,4H,3,5H2,1H3,(H2,11,12). The van der Waals surface area contributed by atoms with Crippen LogP contribution in [0.1, 0.15) is 12.1 Å². The number of aromatic nitrogens is 1. The fourth-order valence-corrected chi connectivity index (χ4v) is 1.20. The minimum atomic E-state index is -0.287. The van der Waals surface area contributed by atoms with Gasteiger partial charge >= 0.3 is 5.97 Å². The Labute approximate surface area is 87.0 Å². The number of nitrogen functional groups attached to an aromatic ring is 1. The predicted molar refractivity (Wildman–Crippen MR) is 54.0 cm³/mol. The van der Waals surface area contributed by atoms with Crippen LogP contribution < -0.4 is 5.73 Å². The lowest BCUT2D eigenvalue weighted by atomic mass is 10.2. The van der Waals surface area contributed by atoms with E-state index in [-0.39, 0.29) is 12.4 Å². The summed E-state index contributed by atoms with van der Waals surface area (Å²) < 4.78 is 4.50. The third-order valence-electron chi connectivity index (χ3n) is 1.73. The number of nitrogens with zero attached hydrogens (tertiary/aromatic N) is 1. The molecule has 76 valence electrons. The molecule has 1 aromatic rings. The van der Waals surface area contributed by atoms with Crippen LogP contribution in [0.5, 0.6) is 0 Å². The number of carbonyl (C=O) groups excluding carboxylic acids is 1. The molecule has 0 amide bonds. The first-order chi connectivity index (χ1) is 6.63. The molecular formula is C9H11ClN2O2.